The summed E-state index contributed by atoms with van der Waals surface area (Å²) in [6, 6.07) is 1.58. The van der Waals surface area contributed by atoms with Crippen molar-refractivity contribution in [1.29, 1.82) is 0 Å². The van der Waals surface area contributed by atoms with Crippen LogP contribution in [0.4, 0.5) is 0 Å². The van der Waals surface area contributed by atoms with E-state index in [1.165, 1.54) is 64.6 Å². The van der Waals surface area contributed by atoms with Gasteiger partial charge in [-0.15, -0.1) is 0 Å². The lowest BCUT2D eigenvalue weighted by atomic mass is 9.89. The molecule has 1 saturated heterocycles. The number of fused-ring (bicyclic) bond motifs is 2. The van der Waals surface area contributed by atoms with Gasteiger partial charge in [0.05, 0.1) is 0 Å². The van der Waals surface area contributed by atoms with Crippen LogP contribution in [0.1, 0.15) is 58.8 Å². The second-order valence-corrected chi connectivity index (χ2v) is 7.44. The highest BCUT2D eigenvalue weighted by molar-refractivity contribution is 4.96. The van der Waals surface area contributed by atoms with Crippen LogP contribution >= 0.6 is 0 Å². The Hall–Kier alpha value is -0.0800. The zero-order valence-electron chi connectivity index (χ0n) is 12.9. The van der Waals surface area contributed by atoms with Gasteiger partial charge in [0.15, 0.2) is 0 Å². The predicted octanol–water partition coefficient (Wildman–Crippen LogP) is 3.28. The van der Waals surface area contributed by atoms with Crippen molar-refractivity contribution in [2.45, 2.75) is 70.9 Å². The normalized spacial score (nSPS) is 40.7. The molecule has 2 bridgehead atoms. The van der Waals surface area contributed by atoms with Crippen molar-refractivity contribution in [3.8, 4) is 0 Å². The molecule has 3 rings (SSSR count). The average Bonchev–Trinajstić information content (AvgIpc) is 3.02. The lowest BCUT2D eigenvalue weighted by molar-refractivity contribution is 0.141. The molecule has 0 spiro atoms. The summed E-state index contributed by atoms with van der Waals surface area (Å²) < 4.78 is 0. The van der Waals surface area contributed by atoms with Crippen molar-refractivity contribution < 1.29 is 0 Å². The van der Waals surface area contributed by atoms with E-state index < -0.39 is 0 Å². The van der Waals surface area contributed by atoms with E-state index in [2.05, 4.69) is 24.1 Å². The van der Waals surface area contributed by atoms with Gasteiger partial charge in [0.25, 0.3) is 0 Å². The second kappa shape index (κ2) is 6.13. The third-order valence-corrected chi connectivity index (χ3v) is 6.00. The Labute approximate surface area is 119 Å². The van der Waals surface area contributed by atoms with Crippen LogP contribution in [0.3, 0.4) is 0 Å². The molecule has 110 valence electrons. The van der Waals surface area contributed by atoms with Gasteiger partial charge in [-0.2, -0.15) is 0 Å². The third kappa shape index (κ3) is 3.16. The first-order chi connectivity index (χ1) is 9.26. The molecule has 0 aromatic heterocycles. The molecule has 2 heteroatoms. The summed E-state index contributed by atoms with van der Waals surface area (Å²) in [5.74, 6) is 2.97. The topological polar surface area (TPSA) is 15.3 Å². The van der Waals surface area contributed by atoms with Crippen LogP contribution in [-0.4, -0.2) is 36.6 Å². The highest BCUT2D eigenvalue weighted by Crippen LogP contribution is 2.44. The molecular formula is C17H32N2. The summed E-state index contributed by atoms with van der Waals surface area (Å²) >= 11 is 0. The minimum atomic E-state index is 0.726. The molecular weight excluding hydrogens is 232 g/mol. The molecule has 2 aliphatic carbocycles. The van der Waals surface area contributed by atoms with Gasteiger partial charge < -0.3 is 10.2 Å². The molecule has 2 saturated carbocycles. The molecule has 1 heterocycles. The average molecular weight is 264 g/mol. The van der Waals surface area contributed by atoms with Gasteiger partial charge in [-0.1, -0.05) is 13.3 Å². The zero-order valence-corrected chi connectivity index (χ0v) is 12.9. The fourth-order valence-electron chi connectivity index (χ4n) is 4.94. The molecule has 5 unspecified atom stereocenters. The van der Waals surface area contributed by atoms with Gasteiger partial charge in [0.1, 0.15) is 0 Å². The minimum Gasteiger partial charge on any atom is -0.311 e. The Bertz CT molecular complexity index is 289. The van der Waals surface area contributed by atoms with Gasteiger partial charge >= 0.3 is 0 Å². The lowest BCUT2D eigenvalue weighted by Gasteiger charge is -2.38. The fraction of sp³-hybridized carbons (Fsp3) is 1.00. The molecule has 19 heavy (non-hydrogen) atoms. The summed E-state index contributed by atoms with van der Waals surface area (Å²) in [4.78, 5) is 2.69. The number of hydrogen-bond donors (Lipinski definition) is 1. The van der Waals surface area contributed by atoms with Crippen LogP contribution in [0.15, 0.2) is 0 Å². The van der Waals surface area contributed by atoms with E-state index in [0.29, 0.717) is 0 Å². The monoisotopic (exact) mass is 264 g/mol. The van der Waals surface area contributed by atoms with Crippen molar-refractivity contribution >= 4 is 0 Å². The van der Waals surface area contributed by atoms with E-state index in [1.807, 2.05) is 0 Å². The Morgan fingerprint density at radius 3 is 2.79 bits per heavy atom. The van der Waals surface area contributed by atoms with Crippen molar-refractivity contribution in [1.82, 2.24) is 10.2 Å². The van der Waals surface area contributed by atoms with E-state index >= 15 is 0 Å². The van der Waals surface area contributed by atoms with Crippen molar-refractivity contribution in [3.63, 3.8) is 0 Å². The number of rotatable bonds is 5. The van der Waals surface area contributed by atoms with Crippen LogP contribution in [0.5, 0.6) is 0 Å². The molecule has 2 nitrogen and oxygen atoms in total. The molecule has 3 aliphatic rings. The first-order valence-electron chi connectivity index (χ1n) is 8.74. The summed E-state index contributed by atoms with van der Waals surface area (Å²) in [6.45, 7) is 8.73. The van der Waals surface area contributed by atoms with Crippen LogP contribution in [-0.2, 0) is 0 Å². The van der Waals surface area contributed by atoms with Gasteiger partial charge in [-0.25, -0.2) is 0 Å². The SMILES string of the molecule is CCCN1CCCC(C(C)NC2CC3CCC2C3)C1. The van der Waals surface area contributed by atoms with Gasteiger partial charge in [0, 0.05) is 18.6 Å². The van der Waals surface area contributed by atoms with Crippen LogP contribution in [0, 0.1) is 17.8 Å². The van der Waals surface area contributed by atoms with Gasteiger partial charge in [0.2, 0.25) is 0 Å². The van der Waals surface area contributed by atoms with Crippen LogP contribution in [0.2, 0.25) is 0 Å². The van der Waals surface area contributed by atoms with Crippen LogP contribution < -0.4 is 5.32 Å². The highest BCUT2D eigenvalue weighted by atomic mass is 15.1. The Morgan fingerprint density at radius 2 is 2.11 bits per heavy atom. The molecule has 5 atom stereocenters. The predicted molar refractivity (Wildman–Crippen MR) is 81.3 cm³/mol. The van der Waals surface area contributed by atoms with E-state index in [-0.39, 0.29) is 0 Å². The summed E-state index contributed by atoms with van der Waals surface area (Å²) in [5.41, 5.74) is 0. The largest absolute Gasteiger partial charge is 0.311 e. The van der Waals surface area contributed by atoms with E-state index in [0.717, 1.165) is 29.8 Å². The molecule has 1 aliphatic heterocycles. The van der Waals surface area contributed by atoms with E-state index in [9.17, 15) is 0 Å². The van der Waals surface area contributed by atoms with Gasteiger partial charge in [-0.05, 0) is 76.3 Å². The fourth-order valence-corrected chi connectivity index (χ4v) is 4.94. The molecule has 1 N–H and O–H groups in total. The number of hydrogen-bond acceptors (Lipinski definition) is 2. The number of piperidine rings is 1. The number of nitrogens with zero attached hydrogens (tertiary/aromatic N) is 1. The first-order valence-corrected chi connectivity index (χ1v) is 8.74. The first kappa shape index (κ1) is 13.9. The van der Waals surface area contributed by atoms with Crippen molar-refractivity contribution in [3.05, 3.63) is 0 Å². The minimum absolute atomic E-state index is 0.726. The Balaban J connectivity index is 1.48. The molecule has 0 aromatic rings. The lowest BCUT2D eigenvalue weighted by Crippen LogP contribution is -2.48. The number of nitrogens with one attached hydrogen (secondary N) is 1. The quantitative estimate of drug-likeness (QED) is 0.820. The molecule has 3 fully saturated rings. The maximum atomic E-state index is 4.02. The Morgan fingerprint density at radius 1 is 1.21 bits per heavy atom. The summed E-state index contributed by atoms with van der Waals surface area (Å²) in [7, 11) is 0. The molecule has 0 aromatic carbocycles. The zero-order chi connectivity index (χ0) is 13.2. The molecule has 0 radical (unpaired) electrons. The Kier molecular flexibility index (Phi) is 4.48. The molecule has 0 amide bonds. The van der Waals surface area contributed by atoms with Crippen LogP contribution in [0.25, 0.3) is 0 Å². The van der Waals surface area contributed by atoms with E-state index in [4.69, 9.17) is 0 Å². The maximum Gasteiger partial charge on any atom is 0.0101 e. The van der Waals surface area contributed by atoms with Gasteiger partial charge in [-0.3, -0.25) is 0 Å². The van der Waals surface area contributed by atoms with Crippen molar-refractivity contribution in [2.24, 2.45) is 17.8 Å². The maximum absolute atomic E-state index is 4.02. The van der Waals surface area contributed by atoms with Crippen molar-refractivity contribution in [2.75, 3.05) is 19.6 Å². The highest BCUT2D eigenvalue weighted by Gasteiger charge is 2.40. The third-order valence-electron chi connectivity index (χ3n) is 6.00. The standard InChI is InChI=1S/C17H32N2/c1-3-8-19-9-4-5-16(12-19)13(2)18-17-11-14-6-7-15(17)10-14/h13-18H,3-12H2,1-2H3. The summed E-state index contributed by atoms with van der Waals surface area (Å²) in [6.07, 6.45) is 10.2. The smallest absolute Gasteiger partial charge is 0.0101 e. The van der Waals surface area contributed by atoms with E-state index in [1.54, 1.807) is 0 Å². The summed E-state index contributed by atoms with van der Waals surface area (Å²) in [5, 5.41) is 4.02. The second-order valence-electron chi connectivity index (χ2n) is 7.44. The number of likely N-dealkylation sites (tertiary alicyclic amines) is 1.